The number of hydrogen-bond donors (Lipinski definition) is 0. The van der Waals surface area contributed by atoms with E-state index in [1.807, 2.05) is 20.2 Å². The van der Waals surface area contributed by atoms with Gasteiger partial charge in [-0.15, -0.1) is 5.10 Å². The SMILES string of the molecule is CCC(=O)c1cnn(Cc2cn(C)nn2)c1. The van der Waals surface area contributed by atoms with Crippen molar-refractivity contribution in [3.8, 4) is 0 Å². The van der Waals surface area contributed by atoms with Crippen molar-refractivity contribution in [3.05, 3.63) is 29.8 Å². The predicted octanol–water partition coefficient (Wildman–Crippen LogP) is 0.653. The molecule has 0 saturated heterocycles. The Morgan fingerprint density at radius 3 is 2.88 bits per heavy atom. The highest BCUT2D eigenvalue weighted by atomic mass is 16.1. The van der Waals surface area contributed by atoms with Crippen molar-refractivity contribution in [1.29, 1.82) is 0 Å². The molecule has 0 spiro atoms. The predicted molar refractivity (Wildman–Crippen MR) is 57.0 cm³/mol. The molecule has 0 aromatic carbocycles. The number of rotatable bonds is 4. The Balaban J connectivity index is 2.11. The summed E-state index contributed by atoms with van der Waals surface area (Å²) >= 11 is 0. The van der Waals surface area contributed by atoms with Crippen LogP contribution < -0.4 is 0 Å². The van der Waals surface area contributed by atoms with Crippen molar-refractivity contribution in [3.63, 3.8) is 0 Å². The zero-order chi connectivity index (χ0) is 11.5. The molecule has 0 atom stereocenters. The van der Waals surface area contributed by atoms with Gasteiger partial charge in [-0.05, 0) is 0 Å². The second-order valence-electron chi connectivity index (χ2n) is 3.59. The third-order valence-corrected chi connectivity index (χ3v) is 2.25. The van der Waals surface area contributed by atoms with Gasteiger partial charge >= 0.3 is 0 Å². The standard InChI is InChI=1S/C10H13N5O/c1-3-10(16)8-4-11-15(5-8)7-9-6-14(2)13-12-9/h4-6H,3,7H2,1-2H3. The molecule has 2 rings (SSSR count). The number of ketones is 1. The first-order valence-corrected chi connectivity index (χ1v) is 5.10. The fourth-order valence-corrected chi connectivity index (χ4v) is 1.43. The van der Waals surface area contributed by atoms with Gasteiger partial charge in [-0.1, -0.05) is 12.1 Å². The Morgan fingerprint density at radius 1 is 1.44 bits per heavy atom. The molecule has 0 aliphatic heterocycles. The monoisotopic (exact) mass is 219 g/mol. The van der Waals surface area contributed by atoms with Gasteiger partial charge in [0, 0.05) is 25.9 Å². The average Bonchev–Trinajstić information content (AvgIpc) is 2.87. The summed E-state index contributed by atoms with van der Waals surface area (Å²) in [6.07, 6.45) is 5.64. The molecule has 0 bridgehead atoms. The van der Waals surface area contributed by atoms with Crippen LogP contribution in [0.1, 0.15) is 29.4 Å². The summed E-state index contributed by atoms with van der Waals surface area (Å²) in [6.45, 7) is 2.37. The van der Waals surface area contributed by atoms with Gasteiger partial charge in [-0.25, -0.2) is 0 Å². The van der Waals surface area contributed by atoms with Gasteiger partial charge in [0.15, 0.2) is 5.78 Å². The third-order valence-electron chi connectivity index (χ3n) is 2.25. The molecule has 0 radical (unpaired) electrons. The topological polar surface area (TPSA) is 65.6 Å². The summed E-state index contributed by atoms with van der Waals surface area (Å²) in [5, 5.41) is 11.9. The summed E-state index contributed by atoms with van der Waals surface area (Å²) in [6, 6.07) is 0. The van der Waals surface area contributed by atoms with E-state index < -0.39 is 0 Å². The number of aromatic nitrogens is 5. The molecule has 0 unspecified atom stereocenters. The Kier molecular flexibility index (Phi) is 2.80. The maximum absolute atomic E-state index is 11.4. The van der Waals surface area contributed by atoms with Crippen LogP contribution in [0.3, 0.4) is 0 Å². The Labute approximate surface area is 92.9 Å². The van der Waals surface area contributed by atoms with Gasteiger partial charge in [0.1, 0.15) is 5.69 Å². The minimum atomic E-state index is 0.102. The number of hydrogen-bond acceptors (Lipinski definition) is 4. The normalized spacial score (nSPS) is 10.6. The number of aryl methyl sites for hydroxylation is 1. The molecule has 84 valence electrons. The van der Waals surface area contributed by atoms with E-state index in [9.17, 15) is 4.79 Å². The van der Waals surface area contributed by atoms with E-state index in [-0.39, 0.29) is 5.78 Å². The molecule has 0 amide bonds. The van der Waals surface area contributed by atoms with Crippen LogP contribution in [-0.2, 0) is 13.6 Å². The van der Waals surface area contributed by atoms with Crippen LogP contribution in [0, 0.1) is 0 Å². The lowest BCUT2D eigenvalue weighted by Gasteiger charge is -1.95. The maximum atomic E-state index is 11.4. The molecule has 6 heteroatoms. The lowest BCUT2D eigenvalue weighted by Crippen LogP contribution is -2.00. The van der Waals surface area contributed by atoms with E-state index in [2.05, 4.69) is 15.4 Å². The van der Waals surface area contributed by atoms with Crippen LogP contribution in [0.5, 0.6) is 0 Å². The zero-order valence-electron chi connectivity index (χ0n) is 9.29. The highest BCUT2D eigenvalue weighted by molar-refractivity contribution is 5.95. The number of nitrogens with zero attached hydrogens (tertiary/aromatic N) is 5. The maximum Gasteiger partial charge on any atom is 0.165 e. The second kappa shape index (κ2) is 4.26. The van der Waals surface area contributed by atoms with Gasteiger partial charge in [0.2, 0.25) is 0 Å². The molecule has 16 heavy (non-hydrogen) atoms. The molecule has 0 saturated carbocycles. The zero-order valence-corrected chi connectivity index (χ0v) is 9.29. The van der Waals surface area contributed by atoms with Crippen LogP contribution in [-0.4, -0.2) is 30.6 Å². The summed E-state index contributed by atoms with van der Waals surface area (Å²) in [5.74, 6) is 0.102. The van der Waals surface area contributed by atoms with E-state index in [0.717, 1.165) is 5.69 Å². The summed E-state index contributed by atoms with van der Waals surface area (Å²) in [4.78, 5) is 11.4. The Bertz CT molecular complexity index is 499. The minimum Gasteiger partial charge on any atom is -0.294 e. The molecule has 0 N–H and O–H groups in total. The van der Waals surface area contributed by atoms with Crippen molar-refractivity contribution < 1.29 is 4.79 Å². The fraction of sp³-hybridized carbons (Fsp3) is 0.400. The molecule has 2 aromatic rings. The third kappa shape index (κ3) is 2.16. The lowest BCUT2D eigenvalue weighted by molar-refractivity contribution is 0.0988. The first-order valence-electron chi connectivity index (χ1n) is 5.10. The van der Waals surface area contributed by atoms with Crippen molar-refractivity contribution in [1.82, 2.24) is 24.8 Å². The van der Waals surface area contributed by atoms with E-state index in [0.29, 0.717) is 18.5 Å². The van der Waals surface area contributed by atoms with Gasteiger partial charge < -0.3 is 0 Å². The molecular formula is C10H13N5O. The molecule has 0 fully saturated rings. The minimum absolute atomic E-state index is 0.102. The van der Waals surface area contributed by atoms with Gasteiger partial charge in [-0.3, -0.25) is 14.2 Å². The second-order valence-corrected chi connectivity index (χ2v) is 3.59. The first-order chi connectivity index (χ1) is 7.69. The van der Waals surface area contributed by atoms with Crippen molar-refractivity contribution in [2.45, 2.75) is 19.9 Å². The smallest absolute Gasteiger partial charge is 0.165 e. The summed E-state index contributed by atoms with van der Waals surface area (Å²) in [5.41, 5.74) is 1.47. The molecule has 0 aliphatic rings. The van der Waals surface area contributed by atoms with Crippen molar-refractivity contribution >= 4 is 5.78 Å². The van der Waals surface area contributed by atoms with Crippen molar-refractivity contribution in [2.75, 3.05) is 0 Å². The van der Waals surface area contributed by atoms with Crippen LogP contribution in [0.4, 0.5) is 0 Å². The van der Waals surface area contributed by atoms with Crippen LogP contribution >= 0.6 is 0 Å². The molecule has 2 heterocycles. The average molecular weight is 219 g/mol. The van der Waals surface area contributed by atoms with Crippen LogP contribution in [0.15, 0.2) is 18.6 Å². The lowest BCUT2D eigenvalue weighted by atomic mass is 10.2. The van der Waals surface area contributed by atoms with E-state index >= 15 is 0 Å². The van der Waals surface area contributed by atoms with E-state index in [1.165, 1.54) is 0 Å². The quantitative estimate of drug-likeness (QED) is 0.708. The highest BCUT2D eigenvalue weighted by Gasteiger charge is 2.07. The Hall–Kier alpha value is -1.98. The highest BCUT2D eigenvalue weighted by Crippen LogP contribution is 2.03. The van der Waals surface area contributed by atoms with Crippen LogP contribution in [0.25, 0.3) is 0 Å². The molecular weight excluding hydrogens is 206 g/mol. The number of Topliss-reactive ketones (excluding diaryl/α,β-unsaturated/α-hetero) is 1. The van der Waals surface area contributed by atoms with Gasteiger partial charge in [-0.2, -0.15) is 5.10 Å². The van der Waals surface area contributed by atoms with Gasteiger partial charge in [0.25, 0.3) is 0 Å². The summed E-state index contributed by atoms with van der Waals surface area (Å²) in [7, 11) is 1.81. The molecule has 0 aliphatic carbocycles. The van der Waals surface area contributed by atoms with E-state index in [4.69, 9.17) is 0 Å². The van der Waals surface area contributed by atoms with E-state index in [1.54, 1.807) is 21.8 Å². The molecule has 2 aromatic heterocycles. The largest absolute Gasteiger partial charge is 0.294 e. The fourth-order valence-electron chi connectivity index (χ4n) is 1.43. The summed E-state index contributed by atoms with van der Waals surface area (Å²) < 4.78 is 3.32. The molecule has 6 nitrogen and oxygen atoms in total. The van der Waals surface area contributed by atoms with Crippen molar-refractivity contribution in [2.24, 2.45) is 7.05 Å². The number of carbonyl (C=O) groups excluding carboxylic acids is 1. The van der Waals surface area contributed by atoms with Crippen LogP contribution in [0.2, 0.25) is 0 Å². The Morgan fingerprint density at radius 2 is 2.25 bits per heavy atom. The first kappa shape index (κ1) is 10.5. The van der Waals surface area contributed by atoms with Gasteiger partial charge in [0.05, 0.1) is 18.3 Å². The number of carbonyl (C=O) groups is 1.